The van der Waals surface area contributed by atoms with Crippen LogP contribution in [0.4, 0.5) is 5.69 Å². The smallest absolute Gasteiger partial charge is 0.251 e. The second-order valence-electron chi connectivity index (χ2n) is 4.77. The van der Waals surface area contributed by atoms with E-state index in [2.05, 4.69) is 17.0 Å². The second-order valence-corrected chi connectivity index (χ2v) is 6.52. The Kier molecular flexibility index (Phi) is 6.51. The molecule has 0 fully saturated rings. The number of hydrogen-bond donors (Lipinski definition) is 2. The number of rotatable bonds is 8. The third kappa shape index (κ3) is 6.56. The minimum atomic E-state index is -3.33. The van der Waals surface area contributed by atoms with Gasteiger partial charge in [0.25, 0.3) is 5.91 Å². The van der Waals surface area contributed by atoms with E-state index in [-0.39, 0.29) is 5.91 Å². The maximum absolute atomic E-state index is 11.9. The molecule has 0 aliphatic rings. The van der Waals surface area contributed by atoms with Crippen molar-refractivity contribution in [1.29, 1.82) is 0 Å². The van der Waals surface area contributed by atoms with E-state index in [1.54, 1.807) is 18.2 Å². The van der Waals surface area contributed by atoms with Crippen molar-refractivity contribution in [2.24, 2.45) is 0 Å². The summed E-state index contributed by atoms with van der Waals surface area (Å²) in [7, 11) is -3.33. The van der Waals surface area contributed by atoms with E-state index in [0.717, 1.165) is 25.5 Å². The van der Waals surface area contributed by atoms with Gasteiger partial charge in [0.15, 0.2) is 0 Å². The molecular weight excluding hydrogens is 276 g/mol. The lowest BCUT2D eigenvalue weighted by molar-refractivity contribution is 0.0953. The lowest BCUT2D eigenvalue weighted by atomic mass is 10.2. The summed E-state index contributed by atoms with van der Waals surface area (Å²) in [6.45, 7) is 2.78. The van der Waals surface area contributed by atoms with Gasteiger partial charge in [-0.1, -0.05) is 32.3 Å². The van der Waals surface area contributed by atoms with E-state index >= 15 is 0 Å². The van der Waals surface area contributed by atoms with E-state index in [1.807, 2.05) is 0 Å². The molecule has 5 nitrogen and oxygen atoms in total. The van der Waals surface area contributed by atoms with Crippen LogP contribution in [-0.4, -0.2) is 27.1 Å². The largest absolute Gasteiger partial charge is 0.352 e. The Morgan fingerprint density at radius 2 is 1.95 bits per heavy atom. The normalized spacial score (nSPS) is 11.1. The molecule has 6 heteroatoms. The number of anilines is 1. The Labute approximate surface area is 120 Å². The van der Waals surface area contributed by atoms with Gasteiger partial charge in [-0.3, -0.25) is 9.52 Å². The van der Waals surface area contributed by atoms with Crippen LogP contribution in [0.15, 0.2) is 24.3 Å². The molecule has 1 rings (SSSR count). The van der Waals surface area contributed by atoms with Gasteiger partial charge in [-0.15, -0.1) is 0 Å². The predicted octanol–water partition coefficient (Wildman–Crippen LogP) is 2.37. The monoisotopic (exact) mass is 298 g/mol. The third-order valence-corrected chi connectivity index (χ3v) is 3.35. The summed E-state index contributed by atoms with van der Waals surface area (Å²) < 4.78 is 24.6. The summed E-state index contributed by atoms with van der Waals surface area (Å²) in [6, 6.07) is 6.45. The predicted molar refractivity (Wildman–Crippen MR) is 81.4 cm³/mol. The van der Waals surface area contributed by atoms with Crippen molar-refractivity contribution in [3.05, 3.63) is 29.8 Å². The maximum Gasteiger partial charge on any atom is 0.251 e. The first-order valence-electron chi connectivity index (χ1n) is 6.78. The van der Waals surface area contributed by atoms with Crippen molar-refractivity contribution in [3.63, 3.8) is 0 Å². The Morgan fingerprint density at radius 3 is 2.60 bits per heavy atom. The van der Waals surface area contributed by atoms with Crippen molar-refractivity contribution in [3.8, 4) is 0 Å². The molecule has 112 valence electrons. The lowest BCUT2D eigenvalue weighted by Gasteiger charge is -2.07. The highest BCUT2D eigenvalue weighted by Gasteiger charge is 2.07. The van der Waals surface area contributed by atoms with E-state index in [9.17, 15) is 13.2 Å². The van der Waals surface area contributed by atoms with Crippen LogP contribution in [0.5, 0.6) is 0 Å². The van der Waals surface area contributed by atoms with Gasteiger partial charge in [0.2, 0.25) is 10.0 Å². The van der Waals surface area contributed by atoms with Gasteiger partial charge in [0.05, 0.1) is 6.26 Å². The molecule has 1 aromatic carbocycles. The van der Waals surface area contributed by atoms with Crippen molar-refractivity contribution in [1.82, 2.24) is 5.32 Å². The van der Waals surface area contributed by atoms with Gasteiger partial charge in [-0.25, -0.2) is 8.42 Å². The van der Waals surface area contributed by atoms with Crippen molar-refractivity contribution < 1.29 is 13.2 Å². The molecule has 1 aromatic rings. The highest BCUT2D eigenvalue weighted by Crippen LogP contribution is 2.12. The van der Waals surface area contributed by atoms with Crippen LogP contribution in [0.25, 0.3) is 0 Å². The van der Waals surface area contributed by atoms with Crippen LogP contribution in [0.1, 0.15) is 43.0 Å². The molecule has 0 aliphatic carbocycles. The van der Waals surface area contributed by atoms with Crippen LogP contribution in [0.2, 0.25) is 0 Å². The molecule has 0 bridgehead atoms. The summed E-state index contributed by atoms with van der Waals surface area (Å²) in [5.74, 6) is -0.182. The third-order valence-electron chi connectivity index (χ3n) is 2.74. The van der Waals surface area contributed by atoms with Crippen LogP contribution in [-0.2, 0) is 10.0 Å². The second kappa shape index (κ2) is 7.89. The zero-order valence-corrected chi connectivity index (χ0v) is 12.8. The quantitative estimate of drug-likeness (QED) is 0.723. The Morgan fingerprint density at radius 1 is 1.20 bits per heavy atom. The highest BCUT2D eigenvalue weighted by atomic mass is 32.2. The van der Waals surface area contributed by atoms with E-state index < -0.39 is 10.0 Å². The number of nitrogens with one attached hydrogen (secondary N) is 2. The van der Waals surface area contributed by atoms with E-state index in [0.29, 0.717) is 17.8 Å². The first kappa shape index (κ1) is 16.5. The minimum Gasteiger partial charge on any atom is -0.352 e. The van der Waals surface area contributed by atoms with Crippen LogP contribution >= 0.6 is 0 Å². The number of benzene rings is 1. The fourth-order valence-corrected chi connectivity index (χ4v) is 2.35. The molecule has 0 saturated heterocycles. The molecule has 1 amide bonds. The summed E-state index contributed by atoms with van der Waals surface area (Å²) in [6.07, 6.45) is 5.47. The molecule has 0 spiro atoms. The molecule has 0 unspecified atom stereocenters. The minimum absolute atomic E-state index is 0.182. The van der Waals surface area contributed by atoms with Gasteiger partial charge < -0.3 is 5.32 Å². The number of hydrogen-bond acceptors (Lipinski definition) is 3. The molecule has 20 heavy (non-hydrogen) atoms. The lowest BCUT2D eigenvalue weighted by Crippen LogP contribution is -2.24. The fourth-order valence-electron chi connectivity index (χ4n) is 1.79. The topological polar surface area (TPSA) is 75.3 Å². The van der Waals surface area contributed by atoms with Gasteiger partial charge in [-0.2, -0.15) is 0 Å². The average molecular weight is 298 g/mol. The van der Waals surface area contributed by atoms with Crippen molar-refractivity contribution in [2.75, 3.05) is 17.5 Å². The summed E-state index contributed by atoms with van der Waals surface area (Å²) in [5.41, 5.74) is 0.847. The first-order chi connectivity index (χ1) is 9.42. The standard InChI is InChI=1S/C14H22N2O3S/c1-3-4-5-6-10-15-14(17)12-8-7-9-13(11-12)16-20(2,18)19/h7-9,11,16H,3-6,10H2,1-2H3,(H,15,17). The summed E-state index contributed by atoms with van der Waals surface area (Å²) >= 11 is 0. The molecule has 0 aliphatic heterocycles. The van der Waals surface area contributed by atoms with Gasteiger partial charge in [-0.05, 0) is 24.6 Å². The summed E-state index contributed by atoms with van der Waals surface area (Å²) in [5, 5.41) is 2.83. The number of sulfonamides is 1. The zero-order valence-electron chi connectivity index (χ0n) is 12.0. The number of carbonyl (C=O) groups excluding carboxylic acids is 1. The molecule has 0 aromatic heterocycles. The van der Waals surface area contributed by atoms with Crippen molar-refractivity contribution >= 4 is 21.6 Å². The van der Waals surface area contributed by atoms with Crippen molar-refractivity contribution in [2.45, 2.75) is 32.6 Å². The maximum atomic E-state index is 11.9. The van der Waals surface area contributed by atoms with E-state index in [1.165, 1.54) is 12.5 Å². The SMILES string of the molecule is CCCCCCNC(=O)c1cccc(NS(C)(=O)=O)c1. The highest BCUT2D eigenvalue weighted by molar-refractivity contribution is 7.92. The Bertz CT molecular complexity index is 541. The fraction of sp³-hybridized carbons (Fsp3) is 0.500. The number of carbonyl (C=O) groups is 1. The van der Waals surface area contributed by atoms with Crippen LogP contribution in [0.3, 0.4) is 0 Å². The molecule has 0 radical (unpaired) electrons. The zero-order chi connectivity index (χ0) is 15.0. The van der Waals surface area contributed by atoms with Gasteiger partial charge in [0.1, 0.15) is 0 Å². The summed E-state index contributed by atoms with van der Waals surface area (Å²) in [4.78, 5) is 11.9. The van der Waals surface area contributed by atoms with E-state index in [4.69, 9.17) is 0 Å². The average Bonchev–Trinajstić information content (AvgIpc) is 2.36. The molecule has 0 saturated carbocycles. The molecule has 0 atom stereocenters. The van der Waals surface area contributed by atoms with Gasteiger partial charge >= 0.3 is 0 Å². The first-order valence-corrected chi connectivity index (χ1v) is 8.67. The molecule has 2 N–H and O–H groups in total. The van der Waals surface area contributed by atoms with Crippen LogP contribution < -0.4 is 10.0 Å². The Balaban J connectivity index is 2.54. The van der Waals surface area contributed by atoms with Crippen LogP contribution in [0, 0.1) is 0 Å². The number of amides is 1. The molecular formula is C14H22N2O3S. The number of unbranched alkanes of at least 4 members (excludes halogenated alkanes) is 3. The molecule has 0 heterocycles. The van der Waals surface area contributed by atoms with Gasteiger partial charge in [0, 0.05) is 17.8 Å². The Hall–Kier alpha value is -1.56.